The molecule has 3 nitrogen and oxygen atoms in total. The molecule has 0 aliphatic carbocycles. The zero-order valence-electron chi connectivity index (χ0n) is 5.33. The largest absolute Gasteiger partial charge is 0.390 e. The van der Waals surface area contributed by atoms with Crippen molar-refractivity contribution in [2.45, 2.75) is 11.4 Å². The van der Waals surface area contributed by atoms with Crippen molar-refractivity contribution in [3.63, 3.8) is 0 Å². The Morgan fingerprint density at radius 3 is 2.56 bits per heavy atom. The third-order valence-corrected chi connectivity index (χ3v) is 2.89. The highest BCUT2D eigenvalue weighted by molar-refractivity contribution is 7.85. The predicted octanol–water partition coefficient (Wildman–Crippen LogP) is -1.30. The van der Waals surface area contributed by atoms with Gasteiger partial charge in [0.1, 0.15) is 0 Å². The molecule has 54 valence electrons. The molecule has 0 saturated carbocycles. The summed E-state index contributed by atoms with van der Waals surface area (Å²) in [6, 6.07) is 0. The van der Waals surface area contributed by atoms with Gasteiger partial charge >= 0.3 is 0 Å². The van der Waals surface area contributed by atoms with E-state index in [1.165, 1.54) is 0 Å². The standard InChI is InChI=1S/C5H11NO2S/c1-9(8)5-3-6-2-4(5)7/h4-7H,2-3H2,1H3. The summed E-state index contributed by atoms with van der Waals surface area (Å²) in [5.41, 5.74) is 0. The minimum Gasteiger partial charge on any atom is -0.390 e. The van der Waals surface area contributed by atoms with Crippen LogP contribution in [-0.4, -0.2) is 40.0 Å². The predicted molar refractivity (Wildman–Crippen MR) is 36.7 cm³/mol. The molecule has 0 amide bonds. The van der Waals surface area contributed by atoms with E-state index in [0.29, 0.717) is 13.1 Å². The number of aliphatic hydroxyl groups is 1. The van der Waals surface area contributed by atoms with Crippen molar-refractivity contribution in [1.29, 1.82) is 0 Å². The Bertz CT molecular complexity index is 128. The Kier molecular flexibility index (Phi) is 2.21. The summed E-state index contributed by atoms with van der Waals surface area (Å²) in [5, 5.41) is 12.0. The van der Waals surface area contributed by atoms with Crippen LogP contribution < -0.4 is 5.32 Å². The van der Waals surface area contributed by atoms with Crippen LogP contribution in [0.15, 0.2) is 0 Å². The number of hydrogen-bond acceptors (Lipinski definition) is 3. The lowest BCUT2D eigenvalue weighted by Crippen LogP contribution is -2.27. The van der Waals surface area contributed by atoms with Gasteiger partial charge in [0, 0.05) is 30.1 Å². The topological polar surface area (TPSA) is 49.3 Å². The van der Waals surface area contributed by atoms with E-state index in [-0.39, 0.29) is 5.25 Å². The van der Waals surface area contributed by atoms with E-state index in [0.717, 1.165) is 0 Å². The van der Waals surface area contributed by atoms with Crippen molar-refractivity contribution in [3.05, 3.63) is 0 Å². The fraction of sp³-hybridized carbons (Fsp3) is 1.00. The fourth-order valence-corrected chi connectivity index (χ4v) is 1.87. The molecule has 1 aliphatic heterocycles. The molecular weight excluding hydrogens is 138 g/mol. The highest BCUT2D eigenvalue weighted by Crippen LogP contribution is 2.04. The van der Waals surface area contributed by atoms with E-state index < -0.39 is 16.9 Å². The summed E-state index contributed by atoms with van der Waals surface area (Å²) in [4.78, 5) is 0. The van der Waals surface area contributed by atoms with Gasteiger partial charge in [-0.15, -0.1) is 0 Å². The molecule has 3 atom stereocenters. The molecule has 0 bridgehead atoms. The molecule has 1 rings (SSSR count). The molecule has 0 spiro atoms. The van der Waals surface area contributed by atoms with Gasteiger partial charge in [0.2, 0.25) is 0 Å². The monoisotopic (exact) mass is 149 g/mol. The maximum atomic E-state index is 10.8. The number of nitrogens with one attached hydrogen (secondary N) is 1. The molecule has 1 aliphatic rings. The first-order chi connectivity index (χ1) is 4.22. The maximum Gasteiger partial charge on any atom is 0.0820 e. The molecule has 0 aromatic carbocycles. The number of rotatable bonds is 1. The van der Waals surface area contributed by atoms with E-state index >= 15 is 0 Å². The summed E-state index contributed by atoms with van der Waals surface area (Å²) in [6.45, 7) is 1.27. The van der Waals surface area contributed by atoms with Crippen LogP contribution in [0, 0.1) is 0 Å². The van der Waals surface area contributed by atoms with Gasteiger partial charge in [-0.05, 0) is 0 Å². The first kappa shape index (κ1) is 7.18. The lowest BCUT2D eigenvalue weighted by atomic mass is 10.3. The van der Waals surface area contributed by atoms with E-state index in [9.17, 15) is 4.21 Å². The van der Waals surface area contributed by atoms with Gasteiger partial charge in [0.05, 0.1) is 11.4 Å². The molecule has 1 heterocycles. The van der Waals surface area contributed by atoms with Crippen molar-refractivity contribution in [2.24, 2.45) is 0 Å². The van der Waals surface area contributed by atoms with Crippen LogP contribution >= 0.6 is 0 Å². The van der Waals surface area contributed by atoms with E-state index in [1.54, 1.807) is 6.26 Å². The van der Waals surface area contributed by atoms with Gasteiger partial charge in [-0.25, -0.2) is 0 Å². The van der Waals surface area contributed by atoms with Crippen molar-refractivity contribution in [2.75, 3.05) is 19.3 Å². The van der Waals surface area contributed by atoms with Gasteiger partial charge in [-0.1, -0.05) is 0 Å². The summed E-state index contributed by atoms with van der Waals surface area (Å²) in [5.74, 6) is 0. The third-order valence-electron chi connectivity index (χ3n) is 1.55. The van der Waals surface area contributed by atoms with Crippen molar-refractivity contribution in [3.8, 4) is 0 Å². The minimum absolute atomic E-state index is 0.0509. The van der Waals surface area contributed by atoms with Gasteiger partial charge in [0.25, 0.3) is 0 Å². The van der Waals surface area contributed by atoms with Crippen molar-refractivity contribution >= 4 is 10.8 Å². The zero-order chi connectivity index (χ0) is 6.85. The highest BCUT2D eigenvalue weighted by atomic mass is 32.2. The Morgan fingerprint density at radius 1 is 1.67 bits per heavy atom. The molecule has 0 radical (unpaired) electrons. The van der Waals surface area contributed by atoms with E-state index in [2.05, 4.69) is 5.32 Å². The first-order valence-electron chi connectivity index (χ1n) is 2.93. The van der Waals surface area contributed by atoms with Crippen LogP contribution in [0.4, 0.5) is 0 Å². The zero-order valence-corrected chi connectivity index (χ0v) is 6.15. The lowest BCUT2D eigenvalue weighted by Gasteiger charge is -2.07. The summed E-state index contributed by atoms with van der Waals surface area (Å²) in [7, 11) is -0.883. The molecule has 0 aromatic heterocycles. The molecular formula is C5H11NO2S. The fourth-order valence-electron chi connectivity index (χ4n) is 0.980. The third kappa shape index (κ3) is 1.50. The smallest absolute Gasteiger partial charge is 0.0820 e. The number of aliphatic hydroxyl groups excluding tert-OH is 1. The van der Waals surface area contributed by atoms with Crippen LogP contribution in [0.5, 0.6) is 0 Å². The van der Waals surface area contributed by atoms with Crippen LogP contribution in [0.25, 0.3) is 0 Å². The van der Waals surface area contributed by atoms with Crippen LogP contribution in [0.2, 0.25) is 0 Å². The van der Waals surface area contributed by atoms with Crippen LogP contribution in [-0.2, 0) is 10.8 Å². The van der Waals surface area contributed by atoms with Crippen LogP contribution in [0.3, 0.4) is 0 Å². The quantitative estimate of drug-likeness (QED) is 0.487. The van der Waals surface area contributed by atoms with E-state index in [1.807, 2.05) is 0 Å². The SMILES string of the molecule is CS(=O)C1CNCC1O. The highest BCUT2D eigenvalue weighted by Gasteiger charge is 2.27. The van der Waals surface area contributed by atoms with Crippen molar-refractivity contribution < 1.29 is 9.32 Å². The number of β-amino-alcohol motifs (C(OH)–C–C–N with tert-alkyl or cyclic N) is 1. The average molecular weight is 149 g/mol. The summed E-state index contributed by atoms with van der Waals surface area (Å²) < 4.78 is 10.8. The molecule has 0 aromatic rings. The van der Waals surface area contributed by atoms with Crippen LogP contribution in [0.1, 0.15) is 0 Å². The average Bonchev–Trinajstić information content (AvgIpc) is 2.13. The van der Waals surface area contributed by atoms with Gasteiger partial charge in [-0.2, -0.15) is 0 Å². The van der Waals surface area contributed by atoms with Gasteiger partial charge in [-0.3, -0.25) is 4.21 Å². The Labute approximate surface area is 56.9 Å². The Morgan fingerprint density at radius 2 is 2.33 bits per heavy atom. The van der Waals surface area contributed by atoms with Crippen molar-refractivity contribution in [1.82, 2.24) is 5.32 Å². The maximum absolute atomic E-state index is 10.8. The number of hydrogen-bond donors (Lipinski definition) is 2. The second-order valence-corrected chi connectivity index (χ2v) is 3.87. The minimum atomic E-state index is -0.883. The summed E-state index contributed by atoms with van der Waals surface area (Å²) in [6.07, 6.45) is 1.22. The molecule has 3 unspecified atom stereocenters. The Balaban J connectivity index is 2.49. The lowest BCUT2D eigenvalue weighted by molar-refractivity contribution is 0.200. The Hall–Kier alpha value is 0.0700. The van der Waals surface area contributed by atoms with Gasteiger partial charge < -0.3 is 10.4 Å². The molecule has 2 N–H and O–H groups in total. The summed E-state index contributed by atoms with van der Waals surface area (Å²) >= 11 is 0. The molecule has 1 fully saturated rings. The first-order valence-corrected chi connectivity index (χ1v) is 4.55. The molecule has 9 heavy (non-hydrogen) atoms. The second-order valence-electron chi connectivity index (χ2n) is 2.26. The molecule has 4 heteroatoms. The van der Waals surface area contributed by atoms with Gasteiger partial charge in [0.15, 0.2) is 0 Å². The molecule has 1 saturated heterocycles. The normalized spacial score (nSPS) is 38.9. The second kappa shape index (κ2) is 2.77. The van der Waals surface area contributed by atoms with E-state index in [4.69, 9.17) is 5.11 Å².